The molecular weight excluding hydrogens is 554 g/mol. The Morgan fingerprint density at radius 1 is 0.909 bits per heavy atom. The van der Waals surface area contributed by atoms with Crippen molar-refractivity contribution in [1.29, 1.82) is 0 Å². The second-order valence-electron chi connectivity index (χ2n) is 13.6. The van der Waals surface area contributed by atoms with Gasteiger partial charge in [-0.3, -0.25) is 19.2 Å². The highest BCUT2D eigenvalue weighted by molar-refractivity contribution is 5.97. The van der Waals surface area contributed by atoms with Gasteiger partial charge in [0.25, 0.3) is 0 Å². The fraction of sp³-hybridized carbons (Fsp3) is 0.829. The Kier molecular flexibility index (Phi) is 21.7. The SMILES string of the molecule is CC(C)C.CC(C)N1CCCCC1.CCCCCN(C)C(=O)[C@@H]1CCCN1C(=O)/C(C)=C/[C@H](C(C)C)N(C)C(=O)CNC=O. The van der Waals surface area contributed by atoms with Crippen molar-refractivity contribution in [3.05, 3.63) is 11.6 Å². The molecule has 9 nitrogen and oxygen atoms in total. The van der Waals surface area contributed by atoms with Gasteiger partial charge in [-0.1, -0.05) is 66.9 Å². The highest BCUT2D eigenvalue weighted by Gasteiger charge is 2.36. The predicted octanol–water partition coefficient (Wildman–Crippen LogP) is 5.34. The lowest BCUT2D eigenvalue weighted by Crippen LogP contribution is -2.47. The molecule has 0 aliphatic carbocycles. The van der Waals surface area contributed by atoms with Gasteiger partial charge in [0.2, 0.25) is 24.1 Å². The fourth-order valence-corrected chi connectivity index (χ4v) is 5.39. The minimum Gasteiger partial charge on any atom is -0.350 e. The molecule has 2 rings (SSSR count). The van der Waals surface area contributed by atoms with Gasteiger partial charge in [-0.25, -0.2) is 0 Å². The minimum absolute atomic E-state index is 0.00222. The zero-order valence-corrected chi connectivity index (χ0v) is 30.2. The molecule has 0 saturated carbocycles. The van der Waals surface area contributed by atoms with Crippen molar-refractivity contribution in [2.45, 2.75) is 132 Å². The van der Waals surface area contributed by atoms with Crippen molar-refractivity contribution in [3.63, 3.8) is 0 Å². The number of carbonyl (C=O) groups is 4. The molecule has 2 heterocycles. The van der Waals surface area contributed by atoms with Crippen LogP contribution in [0.1, 0.15) is 114 Å². The molecule has 2 saturated heterocycles. The molecular formula is C35H67N5O4. The predicted molar refractivity (Wildman–Crippen MR) is 182 cm³/mol. The molecule has 0 radical (unpaired) electrons. The second kappa shape index (κ2) is 23.0. The zero-order valence-electron chi connectivity index (χ0n) is 30.2. The quantitative estimate of drug-likeness (QED) is 0.170. The summed E-state index contributed by atoms with van der Waals surface area (Å²) in [4.78, 5) is 56.4. The third kappa shape index (κ3) is 16.1. The van der Waals surface area contributed by atoms with Crippen molar-refractivity contribution in [2.24, 2.45) is 11.8 Å². The maximum absolute atomic E-state index is 13.2. The fourth-order valence-electron chi connectivity index (χ4n) is 5.39. The number of nitrogens with zero attached hydrogens (tertiary/aromatic N) is 4. The van der Waals surface area contributed by atoms with E-state index in [4.69, 9.17) is 0 Å². The third-order valence-corrected chi connectivity index (χ3v) is 8.01. The van der Waals surface area contributed by atoms with Crippen LogP contribution in [-0.2, 0) is 19.2 Å². The Balaban J connectivity index is 0.00000117. The number of rotatable bonds is 13. The van der Waals surface area contributed by atoms with Gasteiger partial charge >= 0.3 is 0 Å². The third-order valence-electron chi connectivity index (χ3n) is 8.01. The Morgan fingerprint density at radius 3 is 1.98 bits per heavy atom. The zero-order chi connectivity index (χ0) is 33.8. The molecule has 9 heteroatoms. The maximum Gasteiger partial charge on any atom is 0.249 e. The Labute approximate surface area is 270 Å². The summed E-state index contributed by atoms with van der Waals surface area (Å²) in [5, 5.41) is 2.38. The first kappa shape index (κ1) is 41.6. The summed E-state index contributed by atoms with van der Waals surface area (Å²) < 4.78 is 0. The van der Waals surface area contributed by atoms with Gasteiger partial charge in [-0.05, 0) is 77.8 Å². The number of hydrogen-bond donors (Lipinski definition) is 1. The van der Waals surface area contributed by atoms with Crippen molar-refractivity contribution < 1.29 is 19.2 Å². The average Bonchev–Trinajstić information content (AvgIpc) is 3.47. The number of unbranched alkanes of at least 4 members (excludes halogenated alkanes) is 2. The molecule has 0 aromatic heterocycles. The van der Waals surface area contributed by atoms with E-state index < -0.39 is 6.04 Å². The summed E-state index contributed by atoms with van der Waals surface area (Å²) in [5.41, 5.74) is 0.523. The van der Waals surface area contributed by atoms with Crippen LogP contribution in [0.5, 0.6) is 0 Å². The number of carbonyl (C=O) groups excluding carboxylic acids is 4. The molecule has 0 aromatic rings. The van der Waals surface area contributed by atoms with Crippen LogP contribution in [-0.4, -0.2) is 109 Å². The van der Waals surface area contributed by atoms with E-state index in [0.717, 1.165) is 37.6 Å². The van der Waals surface area contributed by atoms with E-state index in [9.17, 15) is 19.2 Å². The van der Waals surface area contributed by atoms with Crippen molar-refractivity contribution in [1.82, 2.24) is 24.9 Å². The van der Waals surface area contributed by atoms with Crippen LogP contribution in [0.2, 0.25) is 0 Å². The van der Waals surface area contributed by atoms with E-state index in [1.807, 2.05) is 20.9 Å². The van der Waals surface area contributed by atoms with Crippen LogP contribution in [0.25, 0.3) is 0 Å². The van der Waals surface area contributed by atoms with Crippen LogP contribution in [0.4, 0.5) is 0 Å². The van der Waals surface area contributed by atoms with E-state index in [-0.39, 0.29) is 36.2 Å². The monoisotopic (exact) mass is 622 g/mol. The van der Waals surface area contributed by atoms with Crippen LogP contribution < -0.4 is 5.32 Å². The number of likely N-dealkylation sites (N-methyl/N-ethyl adjacent to an activating group) is 2. The number of nitrogens with one attached hydrogen (secondary N) is 1. The number of piperidine rings is 1. The molecule has 2 fully saturated rings. The standard InChI is InChI=1S/C23H40N4O4.C8H17N.C4H10/c1-7-8-9-12-25(5)23(31)19-11-10-13-27(19)22(30)18(4)14-20(17(2)3)26(6)21(29)15-24-16-28;1-8(2)9-6-4-3-5-7-9;1-4(2)3/h14,16-17,19-20H,7-13,15H2,1-6H3,(H,24,28);8H,3-7H2,1-2H3;4H,1-3H3/b18-14+;;/t19-,20+;;/m0../s1. The lowest BCUT2D eigenvalue weighted by Gasteiger charge is -2.31. The van der Waals surface area contributed by atoms with Gasteiger partial charge in [-0.15, -0.1) is 0 Å². The lowest BCUT2D eigenvalue weighted by atomic mass is 9.99. The second-order valence-corrected chi connectivity index (χ2v) is 13.6. The largest absolute Gasteiger partial charge is 0.350 e. The number of likely N-dealkylation sites (tertiary alicyclic amines) is 2. The minimum atomic E-state index is -0.420. The first-order chi connectivity index (χ1) is 20.7. The van der Waals surface area contributed by atoms with Gasteiger partial charge in [-0.2, -0.15) is 0 Å². The van der Waals surface area contributed by atoms with Crippen molar-refractivity contribution >= 4 is 24.1 Å². The van der Waals surface area contributed by atoms with Crippen LogP contribution in [0.3, 0.4) is 0 Å². The molecule has 4 amide bonds. The summed E-state index contributed by atoms with van der Waals surface area (Å²) in [7, 11) is 3.48. The van der Waals surface area contributed by atoms with Gasteiger partial charge in [0.05, 0.1) is 12.6 Å². The van der Waals surface area contributed by atoms with Gasteiger partial charge in [0, 0.05) is 38.8 Å². The maximum atomic E-state index is 13.2. The van der Waals surface area contributed by atoms with Crippen molar-refractivity contribution in [2.75, 3.05) is 46.8 Å². The molecule has 0 spiro atoms. The number of amides is 4. The van der Waals surface area contributed by atoms with Crippen LogP contribution in [0, 0.1) is 11.8 Å². The van der Waals surface area contributed by atoms with Crippen LogP contribution >= 0.6 is 0 Å². The Hall–Kier alpha value is -2.42. The van der Waals surface area contributed by atoms with E-state index in [1.165, 1.54) is 32.4 Å². The molecule has 44 heavy (non-hydrogen) atoms. The summed E-state index contributed by atoms with van der Waals surface area (Å²) in [6.07, 6.45) is 11.2. The van der Waals surface area contributed by atoms with Gasteiger partial charge in [0.15, 0.2) is 0 Å². The lowest BCUT2D eigenvalue weighted by molar-refractivity contribution is -0.141. The molecule has 256 valence electrons. The highest BCUT2D eigenvalue weighted by Crippen LogP contribution is 2.23. The van der Waals surface area contributed by atoms with Crippen LogP contribution in [0.15, 0.2) is 11.6 Å². The molecule has 0 aromatic carbocycles. The summed E-state index contributed by atoms with van der Waals surface area (Å²) in [6, 6.07) is 0.0554. The number of hydrogen-bond acceptors (Lipinski definition) is 5. The Morgan fingerprint density at radius 2 is 1.50 bits per heavy atom. The topological polar surface area (TPSA) is 93.3 Å². The summed E-state index contributed by atoms with van der Waals surface area (Å²) in [6.45, 7) is 22.7. The van der Waals surface area contributed by atoms with E-state index >= 15 is 0 Å². The summed E-state index contributed by atoms with van der Waals surface area (Å²) >= 11 is 0. The van der Waals surface area contributed by atoms with Gasteiger partial charge < -0.3 is 24.9 Å². The smallest absolute Gasteiger partial charge is 0.249 e. The first-order valence-corrected chi connectivity index (χ1v) is 17.1. The summed E-state index contributed by atoms with van der Waals surface area (Å²) in [5.74, 6) is 0.525. The van der Waals surface area contributed by atoms with E-state index in [2.05, 4.69) is 51.8 Å². The normalized spacial score (nSPS) is 17.8. The Bertz CT molecular complexity index is 864. The molecule has 2 aliphatic heterocycles. The average molecular weight is 622 g/mol. The van der Waals surface area contributed by atoms with Gasteiger partial charge in [0.1, 0.15) is 6.04 Å². The molecule has 2 aliphatic rings. The highest BCUT2D eigenvalue weighted by atomic mass is 16.2. The van der Waals surface area contributed by atoms with Crippen molar-refractivity contribution in [3.8, 4) is 0 Å². The molecule has 1 N–H and O–H groups in total. The van der Waals surface area contributed by atoms with E-state index in [0.29, 0.717) is 31.5 Å². The molecule has 2 atom stereocenters. The molecule has 0 unspecified atom stereocenters. The van der Waals surface area contributed by atoms with E-state index in [1.54, 1.807) is 34.7 Å². The molecule has 0 bridgehead atoms. The first-order valence-electron chi connectivity index (χ1n) is 17.1.